The molecule has 72 heavy (non-hydrogen) atoms. The molecule has 7 heteroatoms. The number of furan rings is 4. The van der Waals surface area contributed by atoms with Crippen molar-refractivity contribution in [2.75, 3.05) is 9.80 Å². The SMILES string of the molecule is Cc1ccccc1N(c1ccc2cc3c(cc2c1)oc1c(C#N)c2oc4cc5cc(N(c6ccccc6C)c6cccc7c6oc6ccccc67)ccc5cc4c2cc13)c1cccc2c1oc1ccccc12. The van der Waals surface area contributed by atoms with Crippen LogP contribution in [0.3, 0.4) is 0 Å². The molecule has 0 aliphatic heterocycles. The molecule has 11 aromatic carbocycles. The average Bonchev–Trinajstić information content (AvgIpc) is 4.18. The number of nitriles is 1. The van der Waals surface area contributed by atoms with Gasteiger partial charge in [0.25, 0.3) is 0 Å². The van der Waals surface area contributed by atoms with Crippen molar-refractivity contribution in [3.8, 4) is 6.07 Å². The Morgan fingerprint density at radius 1 is 0.319 bits per heavy atom. The van der Waals surface area contributed by atoms with Crippen molar-refractivity contribution in [2.45, 2.75) is 13.8 Å². The molecule has 7 nitrogen and oxygen atoms in total. The van der Waals surface area contributed by atoms with Crippen molar-refractivity contribution >= 4 is 143 Å². The second-order valence-electron chi connectivity index (χ2n) is 18.8. The van der Waals surface area contributed by atoms with Crippen molar-refractivity contribution in [1.29, 1.82) is 5.26 Å². The molecule has 0 spiro atoms. The van der Waals surface area contributed by atoms with Gasteiger partial charge in [-0.1, -0.05) is 109 Å². The zero-order valence-corrected chi connectivity index (χ0v) is 39.0. The molecule has 338 valence electrons. The number of rotatable bonds is 6. The lowest BCUT2D eigenvalue weighted by Gasteiger charge is -2.27. The van der Waals surface area contributed by atoms with Gasteiger partial charge in [0.05, 0.1) is 11.4 Å². The van der Waals surface area contributed by atoms with Gasteiger partial charge < -0.3 is 27.5 Å². The van der Waals surface area contributed by atoms with Crippen molar-refractivity contribution in [3.63, 3.8) is 0 Å². The molecule has 0 atom stereocenters. The Morgan fingerprint density at radius 3 is 1.21 bits per heavy atom. The van der Waals surface area contributed by atoms with Crippen LogP contribution in [0, 0.1) is 25.2 Å². The van der Waals surface area contributed by atoms with Crippen LogP contribution in [0.1, 0.15) is 16.7 Å². The monoisotopic (exact) mass is 925 g/mol. The summed E-state index contributed by atoms with van der Waals surface area (Å²) in [4.78, 5) is 4.56. The molecule has 0 radical (unpaired) electrons. The highest BCUT2D eigenvalue weighted by Gasteiger charge is 2.25. The average molecular weight is 926 g/mol. The number of fused-ring (bicyclic) bond motifs is 14. The van der Waals surface area contributed by atoms with Crippen molar-refractivity contribution in [2.24, 2.45) is 0 Å². The Morgan fingerprint density at radius 2 is 0.736 bits per heavy atom. The summed E-state index contributed by atoms with van der Waals surface area (Å²) >= 11 is 0. The van der Waals surface area contributed by atoms with Crippen LogP contribution in [0.4, 0.5) is 34.1 Å². The van der Waals surface area contributed by atoms with E-state index >= 15 is 0 Å². The molecule has 0 fully saturated rings. The molecule has 15 aromatic rings. The number of hydrogen-bond donors (Lipinski definition) is 0. The molecule has 0 unspecified atom stereocenters. The van der Waals surface area contributed by atoms with E-state index in [0.29, 0.717) is 27.9 Å². The Labute approximate surface area is 411 Å². The third-order valence-corrected chi connectivity index (χ3v) is 14.7. The fourth-order valence-corrected chi connectivity index (χ4v) is 11.2. The normalized spacial score (nSPS) is 12.0. The summed E-state index contributed by atoms with van der Waals surface area (Å²) in [5.41, 5.74) is 14.4. The number of benzene rings is 11. The third-order valence-electron chi connectivity index (χ3n) is 14.7. The highest BCUT2D eigenvalue weighted by atomic mass is 16.3. The summed E-state index contributed by atoms with van der Waals surface area (Å²) in [6.07, 6.45) is 0. The first-order chi connectivity index (χ1) is 35.5. The number of aryl methyl sites for hydroxylation is 2. The van der Waals surface area contributed by atoms with Crippen LogP contribution < -0.4 is 9.80 Å². The van der Waals surface area contributed by atoms with E-state index in [0.717, 1.165) is 132 Å². The third kappa shape index (κ3) is 5.84. The first kappa shape index (κ1) is 40.1. The maximum absolute atomic E-state index is 10.9. The summed E-state index contributed by atoms with van der Waals surface area (Å²) in [5, 5.41) is 22.9. The maximum Gasteiger partial charge on any atom is 0.159 e. The molecule has 0 bridgehead atoms. The van der Waals surface area contributed by atoms with Gasteiger partial charge in [-0.2, -0.15) is 5.26 Å². The van der Waals surface area contributed by atoms with Crippen LogP contribution >= 0.6 is 0 Å². The summed E-state index contributed by atoms with van der Waals surface area (Å²) in [5.74, 6) is 0. The van der Waals surface area contributed by atoms with Gasteiger partial charge in [0.15, 0.2) is 22.3 Å². The van der Waals surface area contributed by atoms with E-state index in [2.05, 4.69) is 194 Å². The standard InChI is InChI=1S/C65H39N3O4/c1-37-13-3-7-19-54(37)67(56-21-11-17-47-45-15-5-9-23-58(45)69-64(47)56)43-27-25-39-31-49-51-35-52-50-32-40-26-28-44(30-42(40)34-61(50)72-63(52)53(36-66)62(51)71-60(49)33-41(39)29-43)68(55-20-8-4-14-38(55)2)57-22-12-18-48-46-16-6-10-24-59(46)70-65(48)57/h3-35H,1-2H3. The van der Waals surface area contributed by atoms with E-state index in [9.17, 15) is 5.26 Å². The van der Waals surface area contributed by atoms with Gasteiger partial charge in [-0.3, -0.25) is 0 Å². The van der Waals surface area contributed by atoms with Gasteiger partial charge in [0.1, 0.15) is 34.0 Å². The van der Waals surface area contributed by atoms with Crippen LogP contribution in [0.5, 0.6) is 0 Å². The van der Waals surface area contributed by atoms with E-state index in [-0.39, 0.29) is 0 Å². The molecule has 0 saturated carbocycles. The fraction of sp³-hybridized carbons (Fsp3) is 0.0308. The van der Waals surface area contributed by atoms with Crippen LogP contribution in [0.2, 0.25) is 0 Å². The molecular weight excluding hydrogens is 887 g/mol. The van der Waals surface area contributed by atoms with Crippen molar-refractivity contribution in [1.82, 2.24) is 0 Å². The minimum absolute atomic E-state index is 0.374. The van der Waals surface area contributed by atoms with Crippen molar-refractivity contribution in [3.05, 3.63) is 217 Å². The van der Waals surface area contributed by atoms with Crippen LogP contribution in [0.15, 0.2) is 218 Å². The lowest BCUT2D eigenvalue weighted by Crippen LogP contribution is -2.11. The molecule has 0 aliphatic carbocycles. The predicted octanol–water partition coefficient (Wildman–Crippen LogP) is 19.0. The van der Waals surface area contributed by atoms with E-state index in [1.807, 2.05) is 36.4 Å². The molecule has 0 aliphatic rings. The summed E-state index contributed by atoms with van der Waals surface area (Å²) < 4.78 is 26.6. The molecule has 4 heterocycles. The molecule has 4 aromatic heterocycles. The van der Waals surface area contributed by atoms with E-state index in [1.165, 1.54) is 0 Å². The number of nitrogens with zero attached hydrogens (tertiary/aromatic N) is 3. The van der Waals surface area contributed by atoms with E-state index in [1.54, 1.807) is 0 Å². The molecule has 0 saturated heterocycles. The molecule has 15 rings (SSSR count). The molecule has 0 amide bonds. The van der Waals surface area contributed by atoms with Gasteiger partial charge >= 0.3 is 0 Å². The largest absolute Gasteiger partial charge is 0.454 e. The lowest BCUT2D eigenvalue weighted by molar-refractivity contribution is 0.654. The van der Waals surface area contributed by atoms with Gasteiger partial charge in [-0.15, -0.1) is 0 Å². The number of hydrogen-bond acceptors (Lipinski definition) is 7. The Hall–Kier alpha value is -9.77. The number of anilines is 6. The first-order valence-electron chi connectivity index (χ1n) is 24.1. The van der Waals surface area contributed by atoms with Gasteiger partial charge in [0, 0.05) is 65.8 Å². The maximum atomic E-state index is 10.9. The Bertz CT molecular complexity index is 4530. The molecule has 0 N–H and O–H groups in total. The lowest BCUT2D eigenvalue weighted by atomic mass is 10.0. The van der Waals surface area contributed by atoms with Crippen LogP contribution in [-0.4, -0.2) is 0 Å². The summed E-state index contributed by atoms with van der Waals surface area (Å²) in [7, 11) is 0. The zero-order valence-electron chi connectivity index (χ0n) is 39.0. The minimum Gasteiger partial charge on any atom is -0.454 e. The second kappa shape index (κ2) is 15.1. The highest BCUT2D eigenvalue weighted by Crippen LogP contribution is 2.48. The highest BCUT2D eigenvalue weighted by molar-refractivity contribution is 6.21. The van der Waals surface area contributed by atoms with Gasteiger partial charge in [-0.25, -0.2) is 0 Å². The van der Waals surface area contributed by atoms with Crippen LogP contribution in [-0.2, 0) is 0 Å². The topological polar surface area (TPSA) is 82.8 Å². The van der Waals surface area contributed by atoms with Crippen molar-refractivity contribution < 1.29 is 17.7 Å². The first-order valence-corrected chi connectivity index (χ1v) is 24.1. The fourth-order valence-electron chi connectivity index (χ4n) is 11.2. The van der Waals surface area contributed by atoms with Gasteiger partial charge in [0.2, 0.25) is 0 Å². The summed E-state index contributed by atoms with van der Waals surface area (Å²) in [6.45, 7) is 4.27. The van der Waals surface area contributed by atoms with E-state index in [4.69, 9.17) is 17.7 Å². The zero-order chi connectivity index (χ0) is 47.8. The second-order valence-corrected chi connectivity index (χ2v) is 18.8. The Balaban J connectivity index is 0.866. The van der Waals surface area contributed by atoms with E-state index < -0.39 is 0 Å². The minimum atomic E-state index is 0.374. The number of para-hydroxylation sites is 6. The molecular formula is C65H39N3O4. The predicted molar refractivity (Wildman–Crippen MR) is 294 cm³/mol. The Kier molecular flexibility index (Phi) is 8.43. The van der Waals surface area contributed by atoms with Gasteiger partial charge in [-0.05, 0) is 138 Å². The van der Waals surface area contributed by atoms with Crippen LogP contribution in [0.25, 0.3) is 109 Å². The quantitative estimate of drug-likeness (QED) is 0.164. The smallest absolute Gasteiger partial charge is 0.159 e. The summed E-state index contributed by atoms with van der Waals surface area (Å²) in [6, 6.07) is 72.2.